The molecule has 3 amide bonds. The Morgan fingerprint density at radius 2 is 1.76 bits per heavy atom. The van der Waals surface area contributed by atoms with E-state index in [-0.39, 0.29) is 5.91 Å². The number of hydrazone groups is 1. The highest BCUT2D eigenvalue weighted by Crippen LogP contribution is 2.19. The molecule has 1 fully saturated rings. The molecule has 2 aliphatic heterocycles. The van der Waals surface area contributed by atoms with Crippen molar-refractivity contribution in [3.63, 3.8) is 0 Å². The first kappa shape index (κ1) is 22.6. The summed E-state index contributed by atoms with van der Waals surface area (Å²) in [5.41, 5.74) is 5.13. The summed E-state index contributed by atoms with van der Waals surface area (Å²) < 4.78 is 2.62. The van der Waals surface area contributed by atoms with Crippen molar-refractivity contribution in [1.82, 2.24) is 15.2 Å². The molecule has 8 nitrogen and oxygen atoms in total. The van der Waals surface area contributed by atoms with Crippen LogP contribution in [0.3, 0.4) is 0 Å². The third-order valence-electron chi connectivity index (χ3n) is 5.47. The van der Waals surface area contributed by atoms with Gasteiger partial charge in [-0.25, -0.2) is 9.37 Å². The van der Waals surface area contributed by atoms with Crippen LogP contribution in [-0.4, -0.2) is 71.0 Å². The third-order valence-corrected chi connectivity index (χ3v) is 5.91. The van der Waals surface area contributed by atoms with E-state index in [0.717, 1.165) is 20.5 Å². The number of amides is 3. The van der Waals surface area contributed by atoms with E-state index in [9.17, 15) is 9.59 Å². The van der Waals surface area contributed by atoms with E-state index in [1.54, 1.807) is 13.3 Å². The summed E-state index contributed by atoms with van der Waals surface area (Å²) in [5.74, 6) is 0.508. The Kier molecular flexibility index (Phi) is 6.79. The van der Waals surface area contributed by atoms with Crippen molar-refractivity contribution >= 4 is 52.0 Å². The zero-order valence-electron chi connectivity index (χ0n) is 18.4. The lowest BCUT2D eigenvalue weighted by atomic mass is 10.1. The third kappa shape index (κ3) is 4.93. The summed E-state index contributed by atoms with van der Waals surface area (Å²) in [7, 11) is 3.11. The Bertz CT molecular complexity index is 1170. The van der Waals surface area contributed by atoms with E-state index < -0.39 is 12.1 Å². The molecule has 1 saturated heterocycles. The minimum Gasteiger partial charge on any atom is -0.270 e. The summed E-state index contributed by atoms with van der Waals surface area (Å²) in [6.45, 7) is 0.530. The Morgan fingerprint density at radius 3 is 2.45 bits per heavy atom. The number of halogens is 1. The summed E-state index contributed by atoms with van der Waals surface area (Å²) in [5, 5.41) is 4.30. The zero-order chi connectivity index (χ0) is 23.4. The van der Waals surface area contributed by atoms with Gasteiger partial charge in [0, 0.05) is 25.0 Å². The predicted molar refractivity (Wildman–Crippen MR) is 132 cm³/mol. The number of fused-ring (bicyclic) bond motifs is 1. The van der Waals surface area contributed by atoms with Gasteiger partial charge in [-0.15, -0.1) is 5.10 Å². The molecule has 2 aromatic carbocycles. The molecular weight excluding hydrogens is 484 g/mol. The van der Waals surface area contributed by atoms with Crippen molar-refractivity contribution < 1.29 is 14.2 Å². The number of nitrogens with zero attached hydrogens (tertiary/aromatic N) is 5. The molecule has 0 aliphatic carbocycles. The molecule has 0 bridgehead atoms. The molecule has 168 valence electrons. The molecule has 33 heavy (non-hydrogen) atoms. The van der Waals surface area contributed by atoms with Crippen LogP contribution in [0.15, 0.2) is 75.2 Å². The minimum atomic E-state index is -0.678. The van der Waals surface area contributed by atoms with Gasteiger partial charge < -0.3 is 0 Å². The van der Waals surface area contributed by atoms with Crippen LogP contribution in [0.25, 0.3) is 6.08 Å². The van der Waals surface area contributed by atoms with Gasteiger partial charge in [0.15, 0.2) is 0 Å². The molecule has 0 radical (unpaired) electrons. The van der Waals surface area contributed by atoms with E-state index in [1.807, 2.05) is 71.3 Å². The molecule has 1 atom stereocenters. The van der Waals surface area contributed by atoms with Gasteiger partial charge in [0.1, 0.15) is 0 Å². The number of hydrogen-bond acceptors (Lipinski definition) is 5. The van der Waals surface area contributed by atoms with Crippen LogP contribution >= 0.6 is 15.9 Å². The highest BCUT2D eigenvalue weighted by atomic mass is 79.9. The highest BCUT2D eigenvalue weighted by Gasteiger charge is 2.51. The summed E-state index contributed by atoms with van der Waals surface area (Å²) in [4.78, 5) is 32.5. The number of aliphatic imine (C=N–C) groups is 1. The Labute approximate surface area is 200 Å². The number of rotatable bonds is 6. The highest BCUT2D eigenvalue weighted by molar-refractivity contribution is 9.12. The van der Waals surface area contributed by atoms with Crippen LogP contribution < -0.4 is 5.43 Å². The maximum absolute atomic E-state index is 13.0. The average Bonchev–Trinajstić information content (AvgIpc) is 3.20. The predicted octanol–water partition coefficient (Wildman–Crippen LogP) is 2.91. The van der Waals surface area contributed by atoms with Crippen LogP contribution in [0.1, 0.15) is 11.1 Å². The van der Waals surface area contributed by atoms with Crippen molar-refractivity contribution in [2.75, 3.05) is 20.6 Å². The number of guanidine groups is 1. The molecule has 9 heteroatoms. The van der Waals surface area contributed by atoms with Crippen LogP contribution in [-0.2, 0) is 11.2 Å². The number of urea groups is 1. The summed E-state index contributed by atoms with van der Waals surface area (Å²) in [6, 6.07) is 18.8. The first-order valence-electron chi connectivity index (χ1n) is 10.5. The van der Waals surface area contributed by atoms with Crippen LogP contribution in [0.5, 0.6) is 0 Å². The van der Waals surface area contributed by atoms with Crippen LogP contribution in [0, 0.1) is 0 Å². The molecule has 2 heterocycles. The van der Waals surface area contributed by atoms with Gasteiger partial charge in [-0.2, -0.15) is 5.43 Å². The van der Waals surface area contributed by atoms with E-state index >= 15 is 0 Å². The number of carbonyl (C=O) groups excluding carboxylic acids is 2. The van der Waals surface area contributed by atoms with E-state index in [2.05, 4.69) is 31.4 Å². The maximum atomic E-state index is 13.0. The molecule has 0 spiro atoms. The van der Waals surface area contributed by atoms with Gasteiger partial charge in [0.2, 0.25) is 11.9 Å². The second-order valence-electron chi connectivity index (χ2n) is 7.67. The molecule has 0 aromatic heterocycles. The second-order valence-corrected chi connectivity index (χ2v) is 8.59. The van der Waals surface area contributed by atoms with Gasteiger partial charge >= 0.3 is 12.0 Å². The Morgan fingerprint density at radius 1 is 1.09 bits per heavy atom. The van der Waals surface area contributed by atoms with Crippen molar-refractivity contribution in [2.24, 2.45) is 10.1 Å². The Hall–Kier alpha value is -3.59. The average molecular weight is 508 g/mol. The molecule has 1 N–H and O–H groups in total. The lowest BCUT2D eigenvalue weighted by Crippen LogP contribution is -2.61. The Balaban J connectivity index is 1.58. The maximum Gasteiger partial charge on any atom is 0.413 e. The lowest BCUT2D eigenvalue weighted by Gasteiger charge is -2.31. The number of carbonyl (C=O) groups is 2. The zero-order valence-corrected chi connectivity index (χ0v) is 19.9. The number of benzene rings is 2. The summed E-state index contributed by atoms with van der Waals surface area (Å²) in [6.07, 6.45) is 4.27. The quantitative estimate of drug-likeness (QED) is 0.370. The molecule has 2 aliphatic rings. The van der Waals surface area contributed by atoms with Gasteiger partial charge in [-0.1, -0.05) is 65.7 Å². The van der Waals surface area contributed by atoms with Crippen LogP contribution in [0.4, 0.5) is 4.79 Å². The molecule has 1 unspecified atom stereocenters. The molecule has 4 rings (SSSR count). The first-order valence-corrected chi connectivity index (χ1v) is 11.3. The first-order chi connectivity index (χ1) is 16.0. The van der Waals surface area contributed by atoms with Gasteiger partial charge in [-0.05, 0) is 33.1 Å². The van der Waals surface area contributed by atoms with Gasteiger partial charge in [0.05, 0.1) is 12.8 Å². The number of imide groups is 1. The van der Waals surface area contributed by atoms with E-state index in [0.29, 0.717) is 24.8 Å². The van der Waals surface area contributed by atoms with Crippen molar-refractivity contribution in [3.8, 4) is 0 Å². The van der Waals surface area contributed by atoms with E-state index in [4.69, 9.17) is 0 Å². The van der Waals surface area contributed by atoms with Gasteiger partial charge in [0.25, 0.3) is 5.91 Å². The van der Waals surface area contributed by atoms with Crippen molar-refractivity contribution in [1.29, 1.82) is 0 Å². The topological polar surface area (TPSA) is 80.4 Å². The smallest absolute Gasteiger partial charge is 0.270 e. The fourth-order valence-electron chi connectivity index (χ4n) is 3.71. The largest absolute Gasteiger partial charge is 0.413 e. The fourth-order valence-corrected chi connectivity index (χ4v) is 4.08. The fraction of sp³-hybridized carbons (Fsp3) is 0.208. The number of allylic oxidation sites excluding steroid dienone is 1. The number of amidine groups is 1. The lowest BCUT2D eigenvalue weighted by molar-refractivity contribution is -0.536. The molecule has 2 aromatic rings. The molecule has 0 saturated carbocycles. The molecular formula is C24H24BrN6O2+. The number of hydrogen-bond donors (Lipinski definition) is 1. The van der Waals surface area contributed by atoms with Crippen molar-refractivity contribution in [2.45, 2.75) is 12.5 Å². The number of likely N-dealkylation sites (N-methyl/N-ethyl adjacent to an activating group) is 2. The van der Waals surface area contributed by atoms with Crippen LogP contribution in [0.2, 0.25) is 0 Å². The minimum absolute atomic E-state index is 0.309. The summed E-state index contributed by atoms with van der Waals surface area (Å²) >= 11 is 3.50. The second kappa shape index (κ2) is 9.91. The van der Waals surface area contributed by atoms with E-state index in [1.165, 1.54) is 11.9 Å². The van der Waals surface area contributed by atoms with Gasteiger partial charge in [-0.3, -0.25) is 14.6 Å². The number of nitrogens with one attached hydrogen (secondary N) is 1. The standard InChI is InChI=1S/C24H23BrN6O2/c1-29-21-20(22(32)30(2)24(29)33)31(14-13-17-9-5-3-6-10-17)23(27-21)28-26-16-19(25)15-18-11-7-4-8-12-18/h3-12,15-16,20H,13-14H2,1-2H3/p+1/b19-15-,26-16+. The SMILES string of the molecule is CN1C(=O)C2C(=NC(N/N=C/C(Br)=C/c3ccccc3)=[N+]2CCc2ccccc2)N(C)C1=O. The van der Waals surface area contributed by atoms with Crippen molar-refractivity contribution in [3.05, 3.63) is 76.3 Å². The monoisotopic (exact) mass is 507 g/mol. The normalized spacial score (nSPS) is 18.8.